The predicted octanol–water partition coefficient (Wildman–Crippen LogP) is 7.91. The molecule has 1 saturated carbocycles. The van der Waals surface area contributed by atoms with Crippen LogP contribution in [0.5, 0.6) is 11.8 Å². The van der Waals surface area contributed by atoms with Gasteiger partial charge in [-0.2, -0.15) is 33.3 Å². The van der Waals surface area contributed by atoms with Crippen LogP contribution in [0.1, 0.15) is 49.4 Å². The molecule has 0 radical (unpaired) electrons. The largest absolute Gasteiger partial charge is 0.409 e. The van der Waals surface area contributed by atoms with E-state index >= 15 is 0 Å². The molecule has 0 spiro atoms. The van der Waals surface area contributed by atoms with Crippen LogP contribution in [0.3, 0.4) is 0 Å². The maximum absolute atomic E-state index is 13.3. The van der Waals surface area contributed by atoms with Crippen molar-refractivity contribution in [1.82, 2.24) is 19.7 Å². The Morgan fingerprint density at radius 2 is 1.47 bits per heavy atom. The van der Waals surface area contributed by atoms with Crippen molar-refractivity contribution in [2.75, 3.05) is 5.01 Å². The maximum Gasteiger partial charge on any atom is 0.392 e. The lowest BCUT2D eigenvalue weighted by molar-refractivity contribution is -0.177. The van der Waals surface area contributed by atoms with E-state index in [9.17, 15) is 22.8 Å². The Morgan fingerprint density at radius 1 is 0.843 bits per heavy atom. The molecule has 2 aromatic carbocycles. The molecule has 3 aliphatic rings. The standard InChI is InChI=1S/C18H14F3N3O2S.C18H19N3O2S/c19-18(20,21)12-6-7-13-14(8-12)24(17-22-15(9-27-17)26-10-25)23-16(13)11-4-2-1-3-5-11;1-12-6-5-9-14-16(12)17(13-7-3-2-4-8-13)20-21(14)18-19-15(10-24-18)23-11-22/h1-5,9-10,12H,6-8H2;2-4,7-8,10-12,14,16H,5-6,9H2,1H3. The highest BCUT2D eigenvalue weighted by Gasteiger charge is 2.45. The average Bonchev–Trinajstić information content (AvgIpc) is 3.95. The second-order valence-electron chi connectivity index (χ2n) is 12.6. The van der Waals surface area contributed by atoms with Crippen LogP contribution in [0.2, 0.25) is 0 Å². The Morgan fingerprint density at radius 3 is 2.12 bits per heavy atom. The zero-order valence-electron chi connectivity index (χ0n) is 27.4. The minimum atomic E-state index is -4.26. The minimum Gasteiger partial charge on any atom is -0.409 e. The summed E-state index contributed by atoms with van der Waals surface area (Å²) in [4.78, 5) is 29.6. The summed E-state index contributed by atoms with van der Waals surface area (Å²) in [5, 5.41) is 16.0. The first-order chi connectivity index (χ1) is 24.7. The number of hydrogen-bond donors (Lipinski definition) is 0. The highest BCUT2D eigenvalue weighted by molar-refractivity contribution is 7.14. The van der Waals surface area contributed by atoms with Gasteiger partial charge in [0.15, 0.2) is 0 Å². The first kappa shape index (κ1) is 34.6. The van der Waals surface area contributed by atoms with Gasteiger partial charge in [0, 0.05) is 23.5 Å². The number of fused-ring (bicyclic) bond motifs is 2. The molecule has 4 heterocycles. The second-order valence-corrected chi connectivity index (χ2v) is 14.3. The van der Waals surface area contributed by atoms with Crippen LogP contribution in [0.15, 0.2) is 76.5 Å². The van der Waals surface area contributed by atoms with Crippen molar-refractivity contribution < 1.29 is 32.2 Å². The normalized spacial score (nSPS) is 21.1. The van der Waals surface area contributed by atoms with E-state index in [0.29, 0.717) is 53.2 Å². The van der Waals surface area contributed by atoms with Crippen LogP contribution in [-0.4, -0.2) is 50.6 Å². The zero-order chi connectivity index (χ0) is 35.5. The molecule has 4 atom stereocenters. The van der Waals surface area contributed by atoms with Crippen LogP contribution in [0.4, 0.5) is 18.3 Å². The number of alkyl halides is 3. The van der Waals surface area contributed by atoms with Gasteiger partial charge in [0.25, 0.3) is 12.9 Å². The van der Waals surface area contributed by atoms with E-state index in [4.69, 9.17) is 14.6 Å². The van der Waals surface area contributed by atoms with E-state index in [2.05, 4.69) is 46.3 Å². The van der Waals surface area contributed by atoms with E-state index in [1.807, 2.05) is 41.4 Å². The zero-order valence-corrected chi connectivity index (χ0v) is 29.0. The quantitative estimate of drug-likeness (QED) is 0.148. The number of aromatic nitrogens is 4. The number of anilines is 1. The number of nitrogens with zero attached hydrogens (tertiary/aromatic N) is 6. The molecule has 5 aromatic rings. The molecule has 0 saturated heterocycles. The van der Waals surface area contributed by atoms with Gasteiger partial charge in [-0.1, -0.05) is 96.7 Å². The smallest absolute Gasteiger partial charge is 0.392 e. The van der Waals surface area contributed by atoms with E-state index < -0.39 is 12.1 Å². The van der Waals surface area contributed by atoms with E-state index in [-0.39, 0.29) is 25.2 Å². The van der Waals surface area contributed by atoms with Gasteiger partial charge in [0.1, 0.15) is 0 Å². The minimum absolute atomic E-state index is 0.0411. The molecule has 4 unspecified atom stereocenters. The van der Waals surface area contributed by atoms with Crippen LogP contribution in [0.25, 0.3) is 16.4 Å². The molecule has 0 bridgehead atoms. The van der Waals surface area contributed by atoms with E-state index in [1.54, 1.807) is 5.38 Å². The Labute approximate surface area is 299 Å². The summed E-state index contributed by atoms with van der Waals surface area (Å²) in [6.45, 7) is 2.99. The van der Waals surface area contributed by atoms with Crippen molar-refractivity contribution >= 4 is 46.5 Å². The van der Waals surface area contributed by atoms with E-state index in [0.717, 1.165) is 39.7 Å². The Bertz CT molecular complexity index is 2010. The Hall–Kier alpha value is -4.89. The highest BCUT2D eigenvalue weighted by atomic mass is 32.1. The van der Waals surface area contributed by atoms with Gasteiger partial charge in [0.2, 0.25) is 22.0 Å². The van der Waals surface area contributed by atoms with Crippen molar-refractivity contribution in [3.05, 3.63) is 88.2 Å². The monoisotopic (exact) mass is 734 g/mol. The van der Waals surface area contributed by atoms with Crippen molar-refractivity contribution in [2.45, 2.75) is 57.7 Å². The number of hydrazone groups is 1. The van der Waals surface area contributed by atoms with Crippen LogP contribution in [0, 0.1) is 17.8 Å². The number of carbonyl (C=O) groups is 2. The van der Waals surface area contributed by atoms with Gasteiger partial charge in [-0.3, -0.25) is 9.59 Å². The average molecular weight is 735 g/mol. The molecule has 0 amide bonds. The fraction of sp³-hybridized carbons (Fsp3) is 0.333. The fourth-order valence-electron chi connectivity index (χ4n) is 7.20. The predicted molar refractivity (Wildman–Crippen MR) is 187 cm³/mol. The third-order valence-corrected chi connectivity index (χ3v) is 11.1. The summed E-state index contributed by atoms with van der Waals surface area (Å²) in [7, 11) is 0. The summed E-state index contributed by atoms with van der Waals surface area (Å²) in [5.74, 6) is 0.0426. The molecule has 8 rings (SSSR count). The molecular weight excluding hydrogens is 702 g/mol. The third-order valence-electron chi connectivity index (χ3n) is 9.54. The summed E-state index contributed by atoms with van der Waals surface area (Å²) in [5.41, 5.74) is 5.17. The van der Waals surface area contributed by atoms with Crippen molar-refractivity contribution in [1.29, 1.82) is 0 Å². The molecule has 0 N–H and O–H groups in total. The van der Waals surface area contributed by atoms with Gasteiger partial charge in [0.05, 0.1) is 39.8 Å². The molecule has 10 nitrogen and oxygen atoms in total. The second kappa shape index (κ2) is 14.8. The molecule has 1 aliphatic heterocycles. The van der Waals surface area contributed by atoms with Crippen LogP contribution < -0.4 is 14.5 Å². The molecule has 1 fully saturated rings. The van der Waals surface area contributed by atoms with Crippen LogP contribution >= 0.6 is 22.7 Å². The Kier molecular flexibility index (Phi) is 10.0. The number of rotatable bonds is 8. The summed E-state index contributed by atoms with van der Waals surface area (Å²) < 4.78 is 50.9. The first-order valence-corrected chi connectivity index (χ1v) is 18.3. The van der Waals surface area contributed by atoms with Crippen molar-refractivity contribution in [2.24, 2.45) is 22.9 Å². The topological polar surface area (TPSA) is 112 Å². The molecule has 2 aliphatic carbocycles. The number of benzene rings is 2. The molecule has 3 aromatic heterocycles. The molecule has 15 heteroatoms. The summed E-state index contributed by atoms with van der Waals surface area (Å²) in [6.07, 6.45) is -0.515. The van der Waals surface area contributed by atoms with Gasteiger partial charge >= 0.3 is 6.18 Å². The lowest BCUT2D eigenvalue weighted by atomic mass is 9.73. The highest BCUT2D eigenvalue weighted by Crippen LogP contribution is 2.44. The molecule has 264 valence electrons. The van der Waals surface area contributed by atoms with Crippen molar-refractivity contribution in [3.8, 4) is 28.1 Å². The number of halogens is 3. The van der Waals surface area contributed by atoms with E-state index in [1.165, 1.54) is 39.8 Å². The van der Waals surface area contributed by atoms with Gasteiger partial charge in [-0.25, -0.2) is 9.69 Å². The first-order valence-electron chi connectivity index (χ1n) is 16.5. The van der Waals surface area contributed by atoms with Crippen LogP contribution in [-0.2, 0) is 22.4 Å². The number of ether oxygens (including phenoxy) is 2. The SMILES string of the molecule is CC1CCCC2C1C(c1ccccc1)=NN2c1nc(OC=O)cs1.O=COc1csc(-n2nc(-c3ccccc3)c3c2CC(C(F)(F)F)CC3)n1. The van der Waals surface area contributed by atoms with Gasteiger partial charge in [-0.15, -0.1) is 0 Å². The van der Waals surface area contributed by atoms with Gasteiger partial charge < -0.3 is 9.47 Å². The lowest BCUT2D eigenvalue weighted by Gasteiger charge is -2.34. The summed E-state index contributed by atoms with van der Waals surface area (Å²) in [6, 6.07) is 20.1. The summed E-state index contributed by atoms with van der Waals surface area (Å²) >= 11 is 2.62. The Balaban J connectivity index is 0.000000160. The lowest BCUT2D eigenvalue weighted by Crippen LogP contribution is -2.40. The maximum atomic E-state index is 13.3. The molecule has 51 heavy (non-hydrogen) atoms. The fourth-order valence-corrected chi connectivity index (χ4v) is 8.65. The number of thiazole rings is 2. The van der Waals surface area contributed by atoms with Crippen molar-refractivity contribution in [3.63, 3.8) is 0 Å². The molecular formula is C36H33F3N6O4S2. The number of carbonyl (C=O) groups excluding carboxylic acids is 2. The van der Waals surface area contributed by atoms with Gasteiger partial charge in [-0.05, 0) is 37.2 Å². The number of hydrogen-bond acceptors (Lipinski definition) is 11. The third kappa shape index (κ3) is 7.17.